The molecule has 7 nitrogen and oxygen atoms in total. The molecular weight excluding hydrogens is 304 g/mol. The molecule has 2 aromatic heterocycles. The minimum Gasteiger partial charge on any atom is -0.347 e. The fourth-order valence-corrected chi connectivity index (χ4v) is 2.94. The summed E-state index contributed by atoms with van der Waals surface area (Å²) in [5, 5.41) is 0. The molecule has 0 unspecified atom stereocenters. The molecule has 0 aromatic carbocycles. The lowest BCUT2D eigenvalue weighted by molar-refractivity contribution is 0.0789. The lowest BCUT2D eigenvalue weighted by Crippen LogP contribution is -2.29. The third-order valence-corrected chi connectivity index (χ3v) is 4.13. The van der Waals surface area contributed by atoms with Crippen LogP contribution in [-0.4, -0.2) is 57.9 Å². The Morgan fingerprint density at radius 3 is 2.38 bits per heavy atom. The summed E-state index contributed by atoms with van der Waals surface area (Å²) in [6.07, 6.45) is 4.06. The standard InChI is InChI=1S/C17H22N6O/c1-11-7-12(2)21-15(20-11)13-5-6-23(10-13)16(24)14-8-18-17(19-9-14)22(3)4/h7-9,13H,5-6,10H2,1-4H3/t13-/m1/s1. The van der Waals surface area contributed by atoms with Crippen LogP contribution in [0.4, 0.5) is 5.95 Å². The van der Waals surface area contributed by atoms with Crippen molar-refractivity contribution < 1.29 is 4.79 Å². The third kappa shape index (κ3) is 3.34. The number of carbonyl (C=O) groups excluding carboxylic acids is 1. The number of aromatic nitrogens is 4. The number of hydrogen-bond donors (Lipinski definition) is 0. The van der Waals surface area contributed by atoms with Crippen molar-refractivity contribution in [2.45, 2.75) is 26.2 Å². The van der Waals surface area contributed by atoms with Gasteiger partial charge in [-0.1, -0.05) is 0 Å². The second-order valence-corrected chi connectivity index (χ2v) is 6.41. The third-order valence-electron chi connectivity index (χ3n) is 4.13. The Morgan fingerprint density at radius 1 is 1.17 bits per heavy atom. The number of amides is 1. The van der Waals surface area contributed by atoms with Crippen molar-refractivity contribution in [1.29, 1.82) is 0 Å². The van der Waals surface area contributed by atoms with Crippen LogP contribution in [0.1, 0.15) is 39.9 Å². The highest BCUT2D eigenvalue weighted by atomic mass is 16.2. The summed E-state index contributed by atoms with van der Waals surface area (Å²) in [5.74, 6) is 1.58. The SMILES string of the molecule is Cc1cc(C)nc([C@@H]2CCN(C(=O)c3cnc(N(C)C)nc3)C2)n1. The Kier molecular flexibility index (Phi) is 4.42. The summed E-state index contributed by atoms with van der Waals surface area (Å²) in [4.78, 5) is 33.8. The maximum Gasteiger partial charge on any atom is 0.257 e. The summed E-state index contributed by atoms with van der Waals surface area (Å²) in [7, 11) is 3.73. The lowest BCUT2D eigenvalue weighted by Gasteiger charge is -2.17. The highest BCUT2D eigenvalue weighted by molar-refractivity contribution is 5.94. The fourth-order valence-electron chi connectivity index (χ4n) is 2.94. The largest absolute Gasteiger partial charge is 0.347 e. The van der Waals surface area contributed by atoms with Crippen LogP contribution in [0.3, 0.4) is 0 Å². The van der Waals surface area contributed by atoms with Crippen LogP contribution in [0.25, 0.3) is 0 Å². The normalized spacial score (nSPS) is 17.2. The summed E-state index contributed by atoms with van der Waals surface area (Å²) in [5.41, 5.74) is 2.45. The monoisotopic (exact) mass is 326 g/mol. The fraction of sp³-hybridized carbons (Fsp3) is 0.471. The van der Waals surface area contributed by atoms with Gasteiger partial charge in [0.25, 0.3) is 5.91 Å². The second-order valence-electron chi connectivity index (χ2n) is 6.41. The predicted octanol–water partition coefficient (Wildman–Crippen LogP) is 1.58. The van der Waals surface area contributed by atoms with Crippen molar-refractivity contribution in [3.63, 3.8) is 0 Å². The van der Waals surface area contributed by atoms with E-state index >= 15 is 0 Å². The number of anilines is 1. The van der Waals surface area contributed by atoms with E-state index in [4.69, 9.17) is 0 Å². The van der Waals surface area contributed by atoms with Gasteiger partial charge in [-0.15, -0.1) is 0 Å². The minimum atomic E-state index is -0.0350. The summed E-state index contributed by atoms with van der Waals surface area (Å²) in [6, 6.07) is 1.96. The zero-order chi connectivity index (χ0) is 17.3. The molecule has 0 spiro atoms. The Bertz CT molecular complexity index is 723. The number of nitrogens with zero attached hydrogens (tertiary/aromatic N) is 6. The minimum absolute atomic E-state index is 0.0350. The van der Waals surface area contributed by atoms with Gasteiger partial charge in [0.05, 0.1) is 5.56 Å². The molecule has 1 fully saturated rings. The number of likely N-dealkylation sites (tertiary alicyclic amines) is 1. The Balaban J connectivity index is 1.71. The van der Waals surface area contributed by atoms with E-state index in [1.807, 2.05) is 38.9 Å². The summed E-state index contributed by atoms with van der Waals surface area (Å²) < 4.78 is 0. The maximum atomic E-state index is 12.6. The van der Waals surface area contributed by atoms with Crippen LogP contribution in [0.5, 0.6) is 0 Å². The molecule has 3 heterocycles. The molecule has 0 aliphatic carbocycles. The number of aryl methyl sites for hydroxylation is 2. The molecule has 0 radical (unpaired) electrons. The van der Waals surface area contributed by atoms with Crippen LogP contribution in [0.15, 0.2) is 18.5 Å². The average molecular weight is 326 g/mol. The van der Waals surface area contributed by atoms with E-state index in [9.17, 15) is 4.79 Å². The highest BCUT2D eigenvalue weighted by Crippen LogP contribution is 2.26. The van der Waals surface area contributed by atoms with Crippen LogP contribution >= 0.6 is 0 Å². The van der Waals surface area contributed by atoms with Crippen molar-refractivity contribution in [3.05, 3.63) is 41.2 Å². The molecule has 0 saturated carbocycles. The van der Waals surface area contributed by atoms with Crippen molar-refractivity contribution >= 4 is 11.9 Å². The van der Waals surface area contributed by atoms with Crippen molar-refractivity contribution in [1.82, 2.24) is 24.8 Å². The van der Waals surface area contributed by atoms with Gasteiger partial charge in [0, 0.05) is 56.9 Å². The van der Waals surface area contributed by atoms with E-state index in [0.717, 1.165) is 23.6 Å². The molecule has 1 aliphatic heterocycles. The molecule has 0 bridgehead atoms. The van der Waals surface area contributed by atoms with E-state index in [2.05, 4.69) is 19.9 Å². The Morgan fingerprint density at radius 2 is 1.79 bits per heavy atom. The van der Waals surface area contributed by atoms with Crippen LogP contribution in [0.2, 0.25) is 0 Å². The summed E-state index contributed by atoms with van der Waals surface area (Å²) >= 11 is 0. The first-order valence-electron chi connectivity index (χ1n) is 8.05. The van der Waals surface area contributed by atoms with E-state index in [1.165, 1.54) is 0 Å². The topological polar surface area (TPSA) is 75.1 Å². The van der Waals surface area contributed by atoms with Gasteiger partial charge in [-0.3, -0.25) is 4.79 Å². The first kappa shape index (κ1) is 16.3. The molecule has 24 heavy (non-hydrogen) atoms. The van der Waals surface area contributed by atoms with Gasteiger partial charge in [0.1, 0.15) is 5.82 Å². The molecule has 0 N–H and O–H groups in total. The quantitative estimate of drug-likeness (QED) is 0.852. The molecule has 1 amide bonds. The molecule has 7 heteroatoms. The molecule has 2 aromatic rings. The summed E-state index contributed by atoms with van der Waals surface area (Å²) in [6.45, 7) is 5.28. The first-order valence-corrected chi connectivity index (χ1v) is 8.05. The molecule has 1 aliphatic rings. The van der Waals surface area contributed by atoms with Gasteiger partial charge in [-0.25, -0.2) is 19.9 Å². The molecule has 126 valence electrons. The average Bonchev–Trinajstić information content (AvgIpc) is 3.03. The molecule has 1 saturated heterocycles. The Labute approximate surface area is 141 Å². The van der Waals surface area contributed by atoms with Gasteiger partial charge in [0.15, 0.2) is 0 Å². The zero-order valence-electron chi connectivity index (χ0n) is 14.5. The number of carbonyl (C=O) groups is 1. The number of rotatable bonds is 3. The van der Waals surface area contributed by atoms with Gasteiger partial charge in [-0.2, -0.15) is 0 Å². The van der Waals surface area contributed by atoms with Crippen LogP contribution in [-0.2, 0) is 0 Å². The van der Waals surface area contributed by atoms with Gasteiger partial charge < -0.3 is 9.80 Å². The van der Waals surface area contributed by atoms with Crippen LogP contribution in [0, 0.1) is 13.8 Å². The van der Waals surface area contributed by atoms with Crippen LogP contribution < -0.4 is 4.90 Å². The van der Waals surface area contributed by atoms with E-state index in [1.54, 1.807) is 17.3 Å². The highest BCUT2D eigenvalue weighted by Gasteiger charge is 2.30. The molecule has 1 atom stereocenters. The van der Waals surface area contributed by atoms with E-state index in [-0.39, 0.29) is 11.8 Å². The zero-order valence-corrected chi connectivity index (χ0v) is 14.5. The van der Waals surface area contributed by atoms with Gasteiger partial charge in [-0.05, 0) is 26.3 Å². The molecule has 3 rings (SSSR count). The van der Waals surface area contributed by atoms with Gasteiger partial charge >= 0.3 is 0 Å². The first-order chi connectivity index (χ1) is 11.4. The van der Waals surface area contributed by atoms with E-state index in [0.29, 0.717) is 24.6 Å². The lowest BCUT2D eigenvalue weighted by atomic mass is 10.1. The van der Waals surface area contributed by atoms with Crippen molar-refractivity contribution in [2.75, 3.05) is 32.1 Å². The van der Waals surface area contributed by atoms with E-state index < -0.39 is 0 Å². The smallest absolute Gasteiger partial charge is 0.257 e. The van der Waals surface area contributed by atoms with Crippen molar-refractivity contribution in [3.8, 4) is 0 Å². The maximum absolute atomic E-state index is 12.6. The van der Waals surface area contributed by atoms with Gasteiger partial charge in [0.2, 0.25) is 5.95 Å². The predicted molar refractivity (Wildman–Crippen MR) is 91.1 cm³/mol. The Hall–Kier alpha value is -2.57. The number of hydrogen-bond acceptors (Lipinski definition) is 6. The second kappa shape index (κ2) is 6.51. The van der Waals surface area contributed by atoms with Crippen molar-refractivity contribution in [2.24, 2.45) is 0 Å². The molecular formula is C17H22N6O.